The summed E-state index contributed by atoms with van der Waals surface area (Å²) < 4.78 is 5.77. The second kappa shape index (κ2) is 7.43. The van der Waals surface area contributed by atoms with Gasteiger partial charge in [0, 0.05) is 19.0 Å². The van der Waals surface area contributed by atoms with Gasteiger partial charge in [-0.05, 0) is 56.0 Å². The average Bonchev–Trinajstić information content (AvgIpc) is 3.13. The quantitative estimate of drug-likeness (QED) is 0.763. The first-order valence-corrected chi connectivity index (χ1v) is 9.53. The maximum Gasteiger partial charge on any atom is 0.260 e. The summed E-state index contributed by atoms with van der Waals surface area (Å²) in [5.41, 5.74) is 4.35. The number of nitrogens with one attached hydrogen (secondary N) is 1. The minimum atomic E-state index is 0.0546. The van der Waals surface area contributed by atoms with E-state index in [0.717, 1.165) is 54.1 Å². The van der Waals surface area contributed by atoms with Gasteiger partial charge in [0.1, 0.15) is 11.6 Å². The number of rotatable bonds is 4. The van der Waals surface area contributed by atoms with Gasteiger partial charge < -0.3 is 14.6 Å². The van der Waals surface area contributed by atoms with E-state index in [4.69, 9.17) is 9.72 Å². The number of likely N-dealkylation sites (tertiary alicyclic amines) is 1. The minimum absolute atomic E-state index is 0.0546. The van der Waals surface area contributed by atoms with E-state index in [9.17, 15) is 4.79 Å². The number of carbonyl (C=O) groups is 1. The maximum absolute atomic E-state index is 12.5. The van der Waals surface area contributed by atoms with E-state index < -0.39 is 0 Å². The van der Waals surface area contributed by atoms with Crippen molar-refractivity contribution in [3.8, 4) is 5.75 Å². The number of hydrogen-bond acceptors (Lipinski definition) is 3. The van der Waals surface area contributed by atoms with Crippen molar-refractivity contribution in [2.75, 3.05) is 19.7 Å². The molecule has 1 aliphatic heterocycles. The van der Waals surface area contributed by atoms with Gasteiger partial charge >= 0.3 is 0 Å². The van der Waals surface area contributed by atoms with Crippen molar-refractivity contribution in [1.29, 1.82) is 0 Å². The van der Waals surface area contributed by atoms with Crippen LogP contribution >= 0.6 is 0 Å². The van der Waals surface area contributed by atoms with Crippen LogP contribution in [0.15, 0.2) is 42.5 Å². The first-order valence-electron chi connectivity index (χ1n) is 9.53. The molecule has 4 rings (SSSR count). The standard InChI is InChI=1S/C22H25N3O2/c1-15-6-5-9-20(16(15)2)27-14-21(26)25-12-10-17(11-13-25)22-23-18-7-3-4-8-19(18)24-22/h3-9,17H,10-14H2,1-2H3,(H,23,24). The van der Waals surface area contributed by atoms with Crippen LogP contribution in [0.4, 0.5) is 0 Å². The third-order valence-corrected chi connectivity index (χ3v) is 5.55. The van der Waals surface area contributed by atoms with E-state index in [-0.39, 0.29) is 12.5 Å². The number of aromatic amines is 1. The monoisotopic (exact) mass is 363 g/mol. The number of para-hydroxylation sites is 2. The lowest BCUT2D eigenvalue weighted by molar-refractivity contribution is -0.134. The van der Waals surface area contributed by atoms with Gasteiger partial charge in [-0.1, -0.05) is 24.3 Å². The lowest BCUT2D eigenvalue weighted by Gasteiger charge is -2.31. The molecule has 5 nitrogen and oxygen atoms in total. The van der Waals surface area contributed by atoms with E-state index in [1.807, 2.05) is 55.1 Å². The number of amides is 1. The molecular weight excluding hydrogens is 338 g/mol. The number of nitrogens with zero attached hydrogens (tertiary/aromatic N) is 2. The van der Waals surface area contributed by atoms with Crippen molar-refractivity contribution in [2.45, 2.75) is 32.6 Å². The Labute approximate surface area is 159 Å². The normalized spacial score (nSPS) is 15.3. The van der Waals surface area contributed by atoms with E-state index in [1.165, 1.54) is 5.56 Å². The average molecular weight is 363 g/mol. The third-order valence-electron chi connectivity index (χ3n) is 5.55. The van der Waals surface area contributed by atoms with Crippen molar-refractivity contribution in [3.63, 3.8) is 0 Å². The van der Waals surface area contributed by atoms with Gasteiger partial charge in [-0.2, -0.15) is 0 Å². The van der Waals surface area contributed by atoms with Crippen LogP contribution in [0.3, 0.4) is 0 Å². The van der Waals surface area contributed by atoms with Crippen molar-refractivity contribution in [2.24, 2.45) is 0 Å². The summed E-state index contributed by atoms with van der Waals surface area (Å²) in [6.07, 6.45) is 1.85. The van der Waals surface area contributed by atoms with Crippen LogP contribution in [-0.2, 0) is 4.79 Å². The predicted molar refractivity (Wildman–Crippen MR) is 106 cm³/mol. The van der Waals surface area contributed by atoms with Crippen LogP contribution in [0.1, 0.15) is 35.7 Å². The lowest BCUT2D eigenvalue weighted by atomic mass is 9.96. The molecule has 5 heteroatoms. The second-order valence-electron chi connectivity index (χ2n) is 7.28. The molecule has 3 aromatic rings. The number of H-pyrrole nitrogens is 1. The van der Waals surface area contributed by atoms with E-state index in [1.54, 1.807) is 0 Å². The van der Waals surface area contributed by atoms with Crippen molar-refractivity contribution in [3.05, 3.63) is 59.4 Å². The summed E-state index contributed by atoms with van der Waals surface area (Å²) in [7, 11) is 0. The van der Waals surface area contributed by atoms with Gasteiger partial charge in [-0.25, -0.2) is 4.98 Å². The SMILES string of the molecule is Cc1cccc(OCC(=O)N2CCC(c3nc4ccccc4[nH]3)CC2)c1C. The first-order chi connectivity index (χ1) is 13.1. The highest BCUT2D eigenvalue weighted by Gasteiger charge is 2.26. The summed E-state index contributed by atoms with van der Waals surface area (Å²) in [6, 6.07) is 14.0. The summed E-state index contributed by atoms with van der Waals surface area (Å²) >= 11 is 0. The number of piperidine rings is 1. The molecule has 0 radical (unpaired) electrons. The number of aromatic nitrogens is 2. The highest BCUT2D eigenvalue weighted by atomic mass is 16.5. The molecule has 1 N–H and O–H groups in total. The van der Waals surface area contributed by atoms with Crippen LogP contribution in [0.2, 0.25) is 0 Å². The molecule has 0 saturated carbocycles. The first kappa shape index (κ1) is 17.6. The Hall–Kier alpha value is -2.82. The summed E-state index contributed by atoms with van der Waals surface area (Å²) in [6.45, 7) is 5.66. The number of fused-ring (bicyclic) bond motifs is 1. The highest BCUT2D eigenvalue weighted by molar-refractivity contribution is 5.78. The molecule has 1 saturated heterocycles. The topological polar surface area (TPSA) is 58.2 Å². The van der Waals surface area contributed by atoms with Gasteiger partial charge in [0.15, 0.2) is 6.61 Å². The van der Waals surface area contributed by atoms with Crippen LogP contribution in [0.5, 0.6) is 5.75 Å². The van der Waals surface area contributed by atoms with Crippen LogP contribution in [-0.4, -0.2) is 40.5 Å². The van der Waals surface area contributed by atoms with Gasteiger partial charge in [-0.15, -0.1) is 0 Å². The lowest BCUT2D eigenvalue weighted by Crippen LogP contribution is -2.40. The molecule has 1 aromatic heterocycles. The van der Waals surface area contributed by atoms with Crippen molar-refractivity contribution >= 4 is 16.9 Å². The molecule has 1 aliphatic rings. The second-order valence-corrected chi connectivity index (χ2v) is 7.28. The number of benzene rings is 2. The number of carbonyl (C=O) groups excluding carboxylic acids is 1. The molecule has 1 amide bonds. The molecule has 27 heavy (non-hydrogen) atoms. The molecular formula is C22H25N3O2. The number of aryl methyl sites for hydroxylation is 1. The Morgan fingerprint density at radius 2 is 1.93 bits per heavy atom. The van der Waals surface area contributed by atoms with Crippen LogP contribution in [0, 0.1) is 13.8 Å². The van der Waals surface area contributed by atoms with Gasteiger partial charge in [0.25, 0.3) is 5.91 Å². The molecule has 0 bridgehead atoms. The molecule has 0 aliphatic carbocycles. The van der Waals surface area contributed by atoms with E-state index in [2.05, 4.69) is 11.1 Å². The molecule has 0 unspecified atom stereocenters. The van der Waals surface area contributed by atoms with Crippen molar-refractivity contribution < 1.29 is 9.53 Å². The molecule has 2 aromatic carbocycles. The van der Waals surface area contributed by atoms with Crippen LogP contribution in [0.25, 0.3) is 11.0 Å². The Kier molecular flexibility index (Phi) is 4.84. The number of imidazole rings is 1. The maximum atomic E-state index is 12.5. The Morgan fingerprint density at radius 1 is 1.15 bits per heavy atom. The Bertz CT molecular complexity index is 922. The minimum Gasteiger partial charge on any atom is -0.483 e. The van der Waals surface area contributed by atoms with E-state index >= 15 is 0 Å². The zero-order chi connectivity index (χ0) is 18.8. The fraction of sp³-hybridized carbons (Fsp3) is 0.364. The van der Waals surface area contributed by atoms with Crippen molar-refractivity contribution in [1.82, 2.24) is 14.9 Å². The molecule has 140 valence electrons. The van der Waals surface area contributed by atoms with E-state index in [0.29, 0.717) is 5.92 Å². The molecule has 0 spiro atoms. The van der Waals surface area contributed by atoms with Gasteiger partial charge in [0.2, 0.25) is 0 Å². The fourth-order valence-corrected chi connectivity index (χ4v) is 3.68. The fourth-order valence-electron chi connectivity index (χ4n) is 3.68. The Balaban J connectivity index is 1.33. The summed E-state index contributed by atoms with van der Waals surface area (Å²) in [5, 5.41) is 0. The summed E-state index contributed by atoms with van der Waals surface area (Å²) in [4.78, 5) is 22.6. The molecule has 2 heterocycles. The summed E-state index contributed by atoms with van der Waals surface area (Å²) in [5.74, 6) is 2.26. The predicted octanol–water partition coefficient (Wildman–Crippen LogP) is 3.96. The largest absolute Gasteiger partial charge is 0.483 e. The smallest absolute Gasteiger partial charge is 0.260 e. The zero-order valence-corrected chi connectivity index (χ0v) is 15.9. The third kappa shape index (κ3) is 3.68. The van der Waals surface area contributed by atoms with Crippen LogP contribution < -0.4 is 4.74 Å². The molecule has 1 fully saturated rings. The van der Waals surface area contributed by atoms with Gasteiger partial charge in [-0.3, -0.25) is 4.79 Å². The van der Waals surface area contributed by atoms with Gasteiger partial charge in [0.05, 0.1) is 11.0 Å². The molecule has 0 atom stereocenters. The highest BCUT2D eigenvalue weighted by Crippen LogP contribution is 2.28. The number of ether oxygens (including phenoxy) is 1. The Morgan fingerprint density at radius 3 is 2.70 bits per heavy atom. The number of hydrogen-bond donors (Lipinski definition) is 1. The zero-order valence-electron chi connectivity index (χ0n) is 15.9.